The highest BCUT2D eigenvalue weighted by atomic mass is 31.2. The van der Waals surface area contributed by atoms with Gasteiger partial charge in [-0.05, 0) is 85.4 Å². The van der Waals surface area contributed by atoms with E-state index >= 15 is 0 Å². The first-order valence-electron chi connectivity index (χ1n) is 14.0. The normalized spacial score (nSPS) is 21.7. The van der Waals surface area contributed by atoms with Crippen LogP contribution in [0.25, 0.3) is 0 Å². The summed E-state index contributed by atoms with van der Waals surface area (Å²) >= 11 is 0. The average Bonchev–Trinajstić information content (AvgIpc) is 2.84. The van der Waals surface area contributed by atoms with Crippen LogP contribution in [0.5, 0.6) is 5.75 Å². The van der Waals surface area contributed by atoms with E-state index in [9.17, 15) is 24.1 Å². The fourth-order valence-corrected chi connectivity index (χ4v) is 7.69. The Bertz CT molecular complexity index is 1070. The number of benzene rings is 1. The summed E-state index contributed by atoms with van der Waals surface area (Å²) < 4.78 is 35.8. The topological polar surface area (TPSA) is 132 Å². The van der Waals surface area contributed by atoms with Crippen LogP contribution in [0.2, 0.25) is 0 Å². The quantitative estimate of drug-likeness (QED) is 0.239. The van der Waals surface area contributed by atoms with Gasteiger partial charge in [0, 0.05) is 32.3 Å². The summed E-state index contributed by atoms with van der Waals surface area (Å²) in [6, 6.07) is 7.52. The molecule has 2 amide bonds. The Morgan fingerprint density at radius 1 is 1.00 bits per heavy atom. The molecule has 1 aliphatic heterocycles. The van der Waals surface area contributed by atoms with Crippen LogP contribution < -0.4 is 4.74 Å². The maximum absolute atomic E-state index is 14.1. The molecule has 2 rings (SSSR count). The summed E-state index contributed by atoms with van der Waals surface area (Å²) in [5, 5.41) is 8.86. The van der Waals surface area contributed by atoms with Crippen molar-refractivity contribution in [2.45, 2.75) is 90.6 Å². The Kier molecular flexibility index (Phi) is 11.8. The monoisotopic (exact) mass is 598 g/mol. The summed E-state index contributed by atoms with van der Waals surface area (Å²) in [5.74, 6) is -0.454. The molecule has 0 aliphatic carbocycles. The summed E-state index contributed by atoms with van der Waals surface area (Å²) in [4.78, 5) is 41.4. The smallest absolute Gasteiger partial charge is 0.419 e. The Labute approximate surface area is 243 Å². The molecule has 12 heteroatoms. The lowest BCUT2D eigenvalue weighted by atomic mass is 9.99. The minimum Gasteiger partial charge on any atom is -0.497 e. The fraction of sp³-hybridized carbons (Fsp3) is 0.690. The van der Waals surface area contributed by atoms with Gasteiger partial charge in [-0.2, -0.15) is 0 Å². The second-order valence-corrected chi connectivity index (χ2v) is 15.2. The number of aliphatic carboxylic acids is 1. The van der Waals surface area contributed by atoms with Crippen molar-refractivity contribution >= 4 is 25.5 Å². The highest BCUT2D eigenvalue weighted by Crippen LogP contribution is 2.63. The molecule has 1 heterocycles. The number of rotatable bonds is 11. The van der Waals surface area contributed by atoms with Gasteiger partial charge in [0.15, 0.2) is 5.16 Å². The van der Waals surface area contributed by atoms with Crippen LogP contribution in [0.4, 0.5) is 9.59 Å². The second-order valence-electron chi connectivity index (χ2n) is 12.3. The zero-order valence-electron chi connectivity index (χ0n) is 25.7. The largest absolute Gasteiger partial charge is 0.497 e. The van der Waals surface area contributed by atoms with Crippen molar-refractivity contribution in [1.29, 1.82) is 0 Å². The minimum atomic E-state index is -3.58. The number of imide groups is 1. The second kappa shape index (κ2) is 14.0. The summed E-state index contributed by atoms with van der Waals surface area (Å²) in [7, 11) is -1.99. The lowest BCUT2D eigenvalue weighted by Gasteiger charge is -2.45. The number of carbonyl (C=O) groups is 3. The Morgan fingerprint density at radius 3 is 2.02 bits per heavy atom. The van der Waals surface area contributed by atoms with Crippen molar-refractivity contribution in [1.82, 2.24) is 9.80 Å². The van der Waals surface area contributed by atoms with Crippen LogP contribution >= 0.6 is 7.37 Å². The first-order chi connectivity index (χ1) is 18.9. The van der Waals surface area contributed by atoms with Crippen molar-refractivity contribution in [3.63, 3.8) is 0 Å². The van der Waals surface area contributed by atoms with Gasteiger partial charge in [-0.25, -0.2) is 14.5 Å². The van der Waals surface area contributed by atoms with Crippen LogP contribution in [0.3, 0.4) is 0 Å². The molecule has 0 aromatic heterocycles. The number of carboxylic acid groups (broad SMARTS) is 1. The van der Waals surface area contributed by atoms with E-state index in [-0.39, 0.29) is 45.1 Å². The first kappa shape index (κ1) is 34.6. The van der Waals surface area contributed by atoms with Crippen molar-refractivity contribution in [3.8, 4) is 5.75 Å². The molecule has 1 aromatic rings. The Hall–Kier alpha value is -2.62. The summed E-state index contributed by atoms with van der Waals surface area (Å²) in [5.41, 5.74) is -0.683. The van der Waals surface area contributed by atoms with Gasteiger partial charge in [0.25, 0.3) is 0 Å². The number of methoxy groups -OCH3 is 1. The van der Waals surface area contributed by atoms with Crippen LogP contribution in [0, 0.1) is 0 Å². The molecule has 232 valence electrons. The van der Waals surface area contributed by atoms with Crippen LogP contribution in [-0.4, -0.2) is 88.9 Å². The number of ether oxygens (including phenoxy) is 3. The van der Waals surface area contributed by atoms with Gasteiger partial charge >= 0.3 is 18.2 Å². The maximum Gasteiger partial charge on any atom is 0.419 e. The predicted octanol–water partition coefficient (Wildman–Crippen LogP) is 5.99. The molecule has 1 aliphatic rings. The number of carboxylic acids is 1. The van der Waals surface area contributed by atoms with Gasteiger partial charge in [-0.3, -0.25) is 14.3 Å². The van der Waals surface area contributed by atoms with Crippen molar-refractivity contribution in [2.75, 3.05) is 39.5 Å². The molecular weight excluding hydrogens is 551 g/mol. The molecule has 1 saturated heterocycles. The van der Waals surface area contributed by atoms with E-state index in [4.69, 9.17) is 18.7 Å². The minimum absolute atomic E-state index is 0.0476. The molecule has 2 atom stereocenters. The standard InChI is InChI=1S/C29H47N2O9P/c1-9-38-41(36)19-18-30(20-22-12-14-23(37-8)15-13-22)21-29(41,24(32)33)16-10-11-17-31(25(34)39-27(2,3)4)26(35)40-28(5,6)7/h12-15H,9-11,16-21H2,1-8H3,(H,32,33). The molecule has 1 N–H and O–H groups in total. The molecule has 1 fully saturated rings. The van der Waals surface area contributed by atoms with Gasteiger partial charge in [-0.1, -0.05) is 12.1 Å². The van der Waals surface area contributed by atoms with E-state index in [2.05, 4.69) is 0 Å². The zero-order chi connectivity index (χ0) is 31.1. The highest BCUT2D eigenvalue weighted by molar-refractivity contribution is 7.62. The average molecular weight is 599 g/mol. The fourth-order valence-electron chi connectivity index (χ4n) is 4.71. The lowest BCUT2D eigenvalue weighted by molar-refractivity contribution is -0.141. The van der Waals surface area contributed by atoms with E-state index in [0.29, 0.717) is 13.1 Å². The van der Waals surface area contributed by atoms with Gasteiger partial charge in [0.1, 0.15) is 17.0 Å². The van der Waals surface area contributed by atoms with Gasteiger partial charge < -0.3 is 23.8 Å². The zero-order valence-corrected chi connectivity index (χ0v) is 26.6. The molecule has 0 radical (unpaired) electrons. The van der Waals surface area contributed by atoms with Gasteiger partial charge in [0.05, 0.1) is 13.7 Å². The molecule has 0 saturated carbocycles. The molecular formula is C29H47N2O9P. The Balaban J connectivity index is 2.22. The number of amides is 2. The van der Waals surface area contributed by atoms with E-state index in [1.807, 2.05) is 29.2 Å². The molecule has 1 aromatic carbocycles. The number of nitrogens with zero attached hydrogens (tertiary/aromatic N) is 2. The van der Waals surface area contributed by atoms with E-state index in [0.717, 1.165) is 16.2 Å². The van der Waals surface area contributed by atoms with E-state index in [1.165, 1.54) is 0 Å². The number of hydrogen-bond acceptors (Lipinski definition) is 9. The lowest BCUT2D eigenvalue weighted by Crippen LogP contribution is -2.54. The number of unbranched alkanes of at least 4 members (excludes halogenated alkanes) is 1. The Morgan fingerprint density at radius 2 is 1.56 bits per heavy atom. The third kappa shape index (κ3) is 9.72. The van der Waals surface area contributed by atoms with Crippen molar-refractivity contribution < 1.29 is 42.8 Å². The molecule has 2 unspecified atom stereocenters. The number of carbonyl (C=O) groups excluding carboxylic acids is 2. The van der Waals surface area contributed by atoms with Crippen LogP contribution in [-0.2, 0) is 29.9 Å². The number of hydrogen-bond donors (Lipinski definition) is 1. The maximum atomic E-state index is 14.1. The molecule has 11 nitrogen and oxygen atoms in total. The van der Waals surface area contributed by atoms with Crippen molar-refractivity contribution in [2.24, 2.45) is 0 Å². The molecule has 41 heavy (non-hydrogen) atoms. The predicted molar refractivity (Wildman–Crippen MR) is 156 cm³/mol. The van der Waals surface area contributed by atoms with Gasteiger partial charge in [0.2, 0.25) is 7.37 Å². The third-order valence-electron chi connectivity index (χ3n) is 6.60. The van der Waals surface area contributed by atoms with Crippen molar-refractivity contribution in [3.05, 3.63) is 29.8 Å². The SMILES string of the molecule is CCOP1(=O)CCN(Cc2ccc(OC)cc2)CC1(CCCCN(C(=O)OC(C)(C)C)C(=O)OC(C)(C)C)C(=O)O. The van der Waals surface area contributed by atoms with Crippen LogP contribution in [0.1, 0.15) is 73.3 Å². The molecule has 0 spiro atoms. The summed E-state index contributed by atoms with van der Waals surface area (Å²) in [6.07, 6.45) is -0.980. The van der Waals surface area contributed by atoms with E-state index in [1.54, 1.807) is 55.6 Å². The molecule has 0 bridgehead atoms. The third-order valence-corrected chi connectivity index (χ3v) is 9.92. The first-order valence-corrected chi connectivity index (χ1v) is 15.8. The summed E-state index contributed by atoms with van der Waals surface area (Å²) in [6.45, 7) is 12.9. The highest BCUT2D eigenvalue weighted by Gasteiger charge is 2.58. The van der Waals surface area contributed by atoms with E-state index < -0.39 is 41.9 Å². The van der Waals surface area contributed by atoms with Gasteiger partial charge in [-0.15, -0.1) is 0 Å². The van der Waals surface area contributed by atoms with Crippen LogP contribution in [0.15, 0.2) is 24.3 Å².